The highest BCUT2D eigenvalue weighted by Crippen LogP contribution is 2.29. The predicted molar refractivity (Wildman–Crippen MR) is 137 cm³/mol. The van der Waals surface area contributed by atoms with Crippen LogP contribution in [-0.2, 0) is 0 Å². The van der Waals surface area contributed by atoms with Gasteiger partial charge in [0.15, 0.2) is 0 Å². The largest absolute Gasteiger partial charge is 0.489 e. The Kier molecular flexibility index (Phi) is 7.35. The Balaban J connectivity index is 1.15. The van der Waals surface area contributed by atoms with Crippen LogP contribution >= 0.6 is 11.9 Å². The zero-order chi connectivity index (χ0) is 23.9. The molecule has 0 spiro atoms. The van der Waals surface area contributed by atoms with Gasteiger partial charge in [0.25, 0.3) is 0 Å². The normalized spacial score (nSPS) is 16.0. The molecule has 1 fully saturated rings. The van der Waals surface area contributed by atoms with E-state index in [1.165, 1.54) is 12.1 Å². The maximum Gasteiger partial charge on any atom is 0.229 e. The number of rotatable bonds is 8. The van der Waals surface area contributed by atoms with E-state index < -0.39 is 0 Å². The van der Waals surface area contributed by atoms with Gasteiger partial charge in [0.1, 0.15) is 23.5 Å². The first-order valence-corrected chi connectivity index (χ1v) is 12.2. The van der Waals surface area contributed by atoms with Crippen LogP contribution in [0.1, 0.15) is 12.8 Å². The molecule has 4 aromatic rings. The number of halogens is 1. The number of anilines is 4. The third kappa shape index (κ3) is 6.68. The van der Waals surface area contributed by atoms with Gasteiger partial charge in [-0.2, -0.15) is 4.98 Å². The fourth-order valence-electron chi connectivity index (χ4n) is 3.74. The highest BCUT2D eigenvalue weighted by molar-refractivity contribution is 7.97. The lowest BCUT2D eigenvalue weighted by molar-refractivity contribution is 0.135. The molecule has 1 unspecified atom stereocenters. The minimum atomic E-state index is -0.277. The van der Waals surface area contributed by atoms with Gasteiger partial charge in [-0.25, -0.2) is 13.7 Å². The van der Waals surface area contributed by atoms with Crippen LogP contribution in [0.4, 0.5) is 27.5 Å². The quantitative estimate of drug-likeness (QED) is 0.291. The summed E-state index contributed by atoms with van der Waals surface area (Å²) < 4.78 is 21.6. The standard InChI is InChI=1S/C26H25FN6OS/c27-19-3-5-20(6-4-19)30-25-13-16-29-26(32-25)31-21-7-9-24(10-8-21)35-33-17-1-2-23(18-33)34-22-11-14-28-15-12-22/h3-16,23H,1-2,17-18H2,(H2,29,30,31,32). The minimum Gasteiger partial charge on any atom is -0.489 e. The zero-order valence-electron chi connectivity index (χ0n) is 19.0. The molecule has 2 aromatic carbocycles. The van der Waals surface area contributed by atoms with Crippen molar-refractivity contribution in [3.05, 3.63) is 91.1 Å². The van der Waals surface area contributed by atoms with Crippen LogP contribution in [0, 0.1) is 5.82 Å². The van der Waals surface area contributed by atoms with E-state index in [0.29, 0.717) is 11.8 Å². The van der Waals surface area contributed by atoms with Crippen molar-refractivity contribution in [1.29, 1.82) is 0 Å². The van der Waals surface area contributed by atoms with Gasteiger partial charge >= 0.3 is 0 Å². The van der Waals surface area contributed by atoms with Crippen molar-refractivity contribution in [2.45, 2.75) is 23.8 Å². The molecule has 5 rings (SSSR count). The second kappa shape index (κ2) is 11.2. The number of nitrogens with one attached hydrogen (secondary N) is 2. The van der Waals surface area contributed by atoms with Crippen LogP contribution in [0.2, 0.25) is 0 Å². The number of pyridine rings is 1. The zero-order valence-corrected chi connectivity index (χ0v) is 19.8. The van der Waals surface area contributed by atoms with Gasteiger partial charge in [-0.3, -0.25) is 4.98 Å². The maximum absolute atomic E-state index is 13.1. The molecule has 2 aromatic heterocycles. The second-order valence-electron chi connectivity index (χ2n) is 8.09. The molecule has 9 heteroatoms. The monoisotopic (exact) mass is 488 g/mol. The van der Waals surface area contributed by atoms with Crippen LogP contribution in [0.5, 0.6) is 5.75 Å². The molecule has 2 N–H and O–H groups in total. The van der Waals surface area contributed by atoms with Gasteiger partial charge in [0.05, 0.1) is 0 Å². The van der Waals surface area contributed by atoms with Crippen molar-refractivity contribution in [2.75, 3.05) is 23.7 Å². The van der Waals surface area contributed by atoms with Crippen molar-refractivity contribution >= 4 is 35.1 Å². The first kappa shape index (κ1) is 23.1. The van der Waals surface area contributed by atoms with Gasteiger partial charge in [0, 0.05) is 48.0 Å². The summed E-state index contributed by atoms with van der Waals surface area (Å²) in [7, 11) is 0. The number of hydrogen-bond donors (Lipinski definition) is 2. The summed E-state index contributed by atoms with van der Waals surface area (Å²) in [6.45, 7) is 1.90. The first-order valence-electron chi connectivity index (χ1n) is 11.4. The molecular weight excluding hydrogens is 463 g/mol. The van der Waals surface area contributed by atoms with Crippen molar-refractivity contribution < 1.29 is 9.13 Å². The van der Waals surface area contributed by atoms with Crippen molar-refractivity contribution in [1.82, 2.24) is 19.3 Å². The van der Waals surface area contributed by atoms with E-state index in [4.69, 9.17) is 4.74 Å². The van der Waals surface area contributed by atoms with Gasteiger partial charge < -0.3 is 15.4 Å². The molecule has 0 bridgehead atoms. The van der Waals surface area contributed by atoms with E-state index in [1.54, 1.807) is 48.7 Å². The fourth-order valence-corrected chi connectivity index (χ4v) is 4.76. The predicted octanol–water partition coefficient (Wildman–Crippen LogP) is 6.05. The Morgan fingerprint density at radius 2 is 1.63 bits per heavy atom. The van der Waals surface area contributed by atoms with Gasteiger partial charge in [-0.1, -0.05) is 0 Å². The van der Waals surface area contributed by atoms with Crippen molar-refractivity contribution in [3.8, 4) is 5.75 Å². The fraction of sp³-hybridized carbons (Fsp3) is 0.192. The molecular formula is C26H25FN6OS. The highest BCUT2D eigenvalue weighted by atomic mass is 32.2. The van der Waals surface area contributed by atoms with E-state index in [1.807, 2.05) is 24.3 Å². The van der Waals surface area contributed by atoms with E-state index in [0.717, 1.165) is 48.0 Å². The lowest BCUT2D eigenvalue weighted by Crippen LogP contribution is -2.37. The second-order valence-corrected chi connectivity index (χ2v) is 9.26. The number of piperidine rings is 1. The Hall–Kier alpha value is -3.69. The molecule has 0 aliphatic carbocycles. The Labute approximate surface area is 207 Å². The molecule has 1 saturated heterocycles. The number of benzene rings is 2. The average Bonchev–Trinajstić information content (AvgIpc) is 2.88. The SMILES string of the molecule is Fc1ccc(Nc2ccnc(Nc3ccc(SN4CCCC(Oc5ccncc5)C4)cc3)n2)cc1. The summed E-state index contributed by atoms with van der Waals surface area (Å²) in [5.41, 5.74) is 1.65. The summed E-state index contributed by atoms with van der Waals surface area (Å²) >= 11 is 1.74. The summed E-state index contributed by atoms with van der Waals surface area (Å²) in [6.07, 6.45) is 7.51. The van der Waals surface area contributed by atoms with Gasteiger partial charge in [0.2, 0.25) is 5.95 Å². The van der Waals surface area contributed by atoms with E-state index >= 15 is 0 Å². The summed E-state index contributed by atoms with van der Waals surface area (Å²) in [5, 5.41) is 6.38. The Bertz CT molecular complexity index is 1230. The minimum absolute atomic E-state index is 0.174. The van der Waals surface area contributed by atoms with Crippen molar-refractivity contribution in [2.24, 2.45) is 0 Å². The van der Waals surface area contributed by atoms with Crippen LogP contribution in [-0.4, -0.2) is 38.5 Å². The molecule has 1 aliphatic heterocycles. The number of hydrogen-bond acceptors (Lipinski definition) is 8. The summed E-state index contributed by atoms with van der Waals surface area (Å²) in [4.78, 5) is 14.0. The highest BCUT2D eigenvalue weighted by Gasteiger charge is 2.22. The molecule has 7 nitrogen and oxygen atoms in total. The number of ether oxygens (including phenoxy) is 1. The average molecular weight is 489 g/mol. The molecule has 1 atom stereocenters. The molecule has 0 radical (unpaired) electrons. The molecule has 178 valence electrons. The molecule has 3 heterocycles. The van der Waals surface area contributed by atoms with Crippen molar-refractivity contribution in [3.63, 3.8) is 0 Å². The lowest BCUT2D eigenvalue weighted by Gasteiger charge is -2.31. The topological polar surface area (TPSA) is 75.2 Å². The number of nitrogens with zero attached hydrogens (tertiary/aromatic N) is 4. The first-order chi connectivity index (χ1) is 17.2. The molecule has 35 heavy (non-hydrogen) atoms. The van der Waals surface area contributed by atoms with Crippen LogP contribution in [0.15, 0.2) is 90.2 Å². The van der Waals surface area contributed by atoms with E-state index in [2.05, 4.69) is 42.0 Å². The molecule has 1 aliphatic rings. The van der Waals surface area contributed by atoms with Crippen LogP contribution in [0.3, 0.4) is 0 Å². The van der Waals surface area contributed by atoms with Crippen LogP contribution < -0.4 is 15.4 Å². The van der Waals surface area contributed by atoms with E-state index in [-0.39, 0.29) is 11.9 Å². The summed E-state index contributed by atoms with van der Waals surface area (Å²) in [5.74, 6) is 1.69. The third-order valence-corrected chi connectivity index (χ3v) is 6.48. The smallest absolute Gasteiger partial charge is 0.229 e. The Morgan fingerprint density at radius 1 is 0.886 bits per heavy atom. The van der Waals surface area contributed by atoms with Crippen LogP contribution in [0.25, 0.3) is 0 Å². The molecule has 0 saturated carbocycles. The third-order valence-electron chi connectivity index (χ3n) is 5.41. The number of aromatic nitrogens is 3. The van der Waals surface area contributed by atoms with Gasteiger partial charge in [-0.15, -0.1) is 0 Å². The molecule has 0 amide bonds. The van der Waals surface area contributed by atoms with Gasteiger partial charge in [-0.05, 0) is 91.5 Å². The maximum atomic E-state index is 13.1. The summed E-state index contributed by atoms with van der Waals surface area (Å²) in [6, 6.07) is 19.9. The Morgan fingerprint density at radius 3 is 2.43 bits per heavy atom. The lowest BCUT2D eigenvalue weighted by atomic mass is 10.1. The van der Waals surface area contributed by atoms with E-state index in [9.17, 15) is 4.39 Å².